The first-order chi connectivity index (χ1) is 12.1. The Morgan fingerprint density at radius 3 is 2.72 bits per heavy atom. The number of benzene rings is 2. The molecule has 0 bridgehead atoms. The summed E-state index contributed by atoms with van der Waals surface area (Å²) in [6.45, 7) is 2.21. The third-order valence-corrected chi connectivity index (χ3v) is 3.71. The van der Waals surface area contributed by atoms with Crippen LogP contribution in [0.4, 0.5) is 0 Å². The molecule has 0 spiro atoms. The van der Waals surface area contributed by atoms with Gasteiger partial charge in [0.25, 0.3) is 0 Å². The molecule has 0 unspecified atom stereocenters. The lowest BCUT2D eigenvalue weighted by Gasteiger charge is -2.03. The minimum Gasteiger partial charge on any atom is -0.497 e. The summed E-state index contributed by atoms with van der Waals surface area (Å²) < 4.78 is 10.8. The monoisotopic (exact) mass is 337 g/mol. The SMILES string of the molecule is COc1cccc(-c2nnc(CNC(=O)Cc3ccc(C)cc3)o2)c1. The average Bonchev–Trinajstić information content (AvgIpc) is 3.11. The highest BCUT2D eigenvalue weighted by Gasteiger charge is 2.11. The first-order valence-corrected chi connectivity index (χ1v) is 7.93. The van der Waals surface area contributed by atoms with E-state index in [0.717, 1.165) is 11.1 Å². The van der Waals surface area contributed by atoms with Crippen molar-refractivity contribution in [1.29, 1.82) is 0 Å². The Balaban J connectivity index is 1.57. The molecule has 3 rings (SSSR count). The van der Waals surface area contributed by atoms with E-state index < -0.39 is 0 Å². The fourth-order valence-electron chi connectivity index (χ4n) is 2.33. The smallest absolute Gasteiger partial charge is 0.247 e. The van der Waals surface area contributed by atoms with E-state index in [4.69, 9.17) is 9.15 Å². The molecule has 0 aliphatic heterocycles. The van der Waals surface area contributed by atoms with Gasteiger partial charge in [0, 0.05) is 5.56 Å². The lowest BCUT2D eigenvalue weighted by Crippen LogP contribution is -2.24. The number of carbonyl (C=O) groups is 1. The summed E-state index contributed by atoms with van der Waals surface area (Å²) in [5.74, 6) is 1.37. The molecule has 0 aliphatic carbocycles. The van der Waals surface area contributed by atoms with E-state index in [-0.39, 0.29) is 12.5 Å². The molecule has 1 heterocycles. The molecule has 0 fully saturated rings. The molecule has 0 atom stereocenters. The van der Waals surface area contributed by atoms with Crippen molar-refractivity contribution in [3.05, 3.63) is 65.5 Å². The molecular formula is C19H19N3O3. The van der Waals surface area contributed by atoms with Crippen molar-refractivity contribution >= 4 is 5.91 Å². The van der Waals surface area contributed by atoms with Gasteiger partial charge in [0.05, 0.1) is 20.1 Å². The molecule has 0 aliphatic rings. The van der Waals surface area contributed by atoms with Gasteiger partial charge in [0.1, 0.15) is 5.75 Å². The molecule has 1 N–H and O–H groups in total. The van der Waals surface area contributed by atoms with Gasteiger partial charge in [-0.2, -0.15) is 0 Å². The zero-order valence-corrected chi connectivity index (χ0v) is 14.2. The molecule has 1 aromatic heterocycles. The van der Waals surface area contributed by atoms with Gasteiger partial charge in [0.15, 0.2) is 0 Å². The first kappa shape index (κ1) is 16.7. The van der Waals surface area contributed by atoms with Crippen molar-refractivity contribution in [3.63, 3.8) is 0 Å². The molecule has 3 aromatic rings. The predicted molar refractivity (Wildman–Crippen MR) is 93.0 cm³/mol. The summed E-state index contributed by atoms with van der Waals surface area (Å²) >= 11 is 0. The summed E-state index contributed by atoms with van der Waals surface area (Å²) in [6.07, 6.45) is 0.317. The van der Waals surface area contributed by atoms with Gasteiger partial charge in [-0.3, -0.25) is 4.79 Å². The van der Waals surface area contributed by atoms with Gasteiger partial charge >= 0.3 is 0 Å². The van der Waals surface area contributed by atoms with E-state index in [2.05, 4.69) is 15.5 Å². The zero-order chi connectivity index (χ0) is 17.6. The van der Waals surface area contributed by atoms with Crippen LogP contribution in [-0.2, 0) is 17.8 Å². The van der Waals surface area contributed by atoms with Crippen molar-refractivity contribution in [1.82, 2.24) is 15.5 Å². The van der Waals surface area contributed by atoms with Crippen LogP contribution >= 0.6 is 0 Å². The fourth-order valence-corrected chi connectivity index (χ4v) is 2.33. The number of aromatic nitrogens is 2. The highest BCUT2D eigenvalue weighted by atomic mass is 16.5. The Morgan fingerprint density at radius 2 is 1.96 bits per heavy atom. The average molecular weight is 337 g/mol. The van der Waals surface area contributed by atoms with E-state index >= 15 is 0 Å². The quantitative estimate of drug-likeness (QED) is 0.748. The van der Waals surface area contributed by atoms with Crippen LogP contribution in [0, 0.1) is 6.92 Å². The Morgan fingerprint density at radius 1 is 1.16 bits per heavy atom. The van der Waals surface area contributed by atoms with Crippen LogP contribution in [0.2, 0.25) is 0 Å². The van der Waals surface area contributed by atoms with E-state index in [1.807, 2.05) is 55.5 Å². The highest BCUT2D eigenvalue weighted by Crippen LogP contribution is 2.22. The standard InChI is InChI=1S/C19H19N3O3/c1-13-6-8-14(9-7-13)10-17(23)20-12-18-21-22-19(25-18)15-4-3-5-16(11-15)24-2/h3-9,11H,10,12H2,1-2H3,(H,20,23). The van der Waals surface area contributed by atoms with Crippen LogP contribution < -0.4 is 10.1 Å². The largest absolute Gasteiger partial charge is 0.497 e. The Labute approximate surface area is 145 Å². The molecule has 6 nitrogen and oxygen atoms in total. The number of nitrogens with zero attached hydrogens (tertiary/aromatic N) is 2. The Bertz CT molecular complexity index is 856. The van der Waals surface area contributed by atoms with Crippen LogP contribution in [0.25, 0.3) is 11.5 Å². The van der Waals surface area contributed by atoms with Gasteiger partial charge in [-0.1, -0.05) is 35.9 Å². The lowest BCUT2D eigenvalue weighted by molar-refractivity contribution is -0.120. The van der Waals surface area contributed by atoms with Gasteiger partial charge in [0.2, 0.25) is 17.7 Å². The molecule has 0 saturated carbocycles. The number of hydrogen-bond acceptors (Lipinski definition) is 5. The summed E-state index contributed by atoms with van der Waals surface area (Å²) in [7, 11) is 1.60. The topological polar surface area (TPSA) is 77.3 Å². The van der Waals surface area contributed by atoms with E-state index in [1.165, 1.54) is 5.56 Å². The van der Waals surface area contributed by atoms with Crippen LogP contribution in [0.5, 0.6) is 5.75 Å². The number of methoxy groups -OCH3 is 1. The minimum atomic E-state index is -0.0926. The molecule has 0 radical (unpaired) electrons. The van der Waals surface area contributed by atoms with E-state index in [0.29, 0.717) is 24.0 Å². The second kappa shape index (κ2) is 7.61. The van der Waals surface area contributed by atoms with Gasteiger partial charge < -0.3 is 14.5 Å². The van der Waals surface area contributed by atoms with Crippen LogP contribution in [0.1, 0.15) is 17.0 Å². The Hall–Kier alpha value is -3.15. The minimum absolute atomic E-state index is 0.0926. The maximum Gasteiger partial charge on any atom is 0.247 e. The maximum absolute atomic E-state index is 12.0. The van der Waals surface area contributed by atoms with Crippen molar-refractivity contribution in [2.75, 3.05) is 7.11 Å². The normalized spacial score (nSPS) is 10.5. The number of carbonyl (C=O) groups excluding carboxylic acids is 1. The highest BCUT2D eigenvalue weighted by molar-refractivity contribution is 5.78. The van der Waals surface area contributed by atoms with Crippen molar-refractivity contribution in [3.8, 4) is 17.2 Å². The van der Waals surface area contributed by atoms with Crippen molar-refractivity contribution in [2.45, 2.75) is 19.9 Å². The van der Waals surface area contributed by atoms with Gasteiger partial charge in [-0.05, 0) is 30.7 Å². The molecule has 6 heteroatoms. The number of ether oxygens (including phenoxy) is 1. The molecular weight excluding hydrogens is 318 g/mol. The number of amides is 1. The van der Waals surface area contributed by atoms with Gasteiger partial charge in [-0.25, -0.2) is 0 Å². The van der Waals surface area contributed by atoms with Crippen LogP contribution in [0.3, 0.4) is 0 Å². The summed E-state index contributed by atoms with van der Waals surface area (Å²) in [4.78, 5) is 12.0. The van der Waals surface area contributed by atoms with E-state index in [9.17, 15) is 4.79 Å². The molecule has 2 aromatic carbocycles. The molecule has 128 valence electrons. The summed E-state index contributed by atoms with van der Waals surface area (Å²) in [6, 6.07) is 15.2. The molecule has 1 amide bonds. The van der Waals surface area contributed by atoms with Crippen molar-refractivity contribution < 1.29 is 13.9 Å². The predicted octanol–water partition coefficient (Wildman–Crippen LogP) is 2.91. The molecule has 25 heavy (non-hydrogen) atoms. The first-order valence-electron chi connectivity index (χ1n) is 7.93. The van der Waals surface area contributed by atoms with E-state index in [1.54, 1.807) is 7.11 Å². The fraction of sp³-hybridized carbons (Fsp3) is 0.211. The summed E-state index contributed by atoms with van der Waals surface area (Å²) in [5.41, 5.74) is 2.90. The summed E-state index contributed by atoms with van der Waals surface area (Å²) in [5, 5.41) is 10.8. The number of aryl methyl sites for hydroxylation is 1. The van der Waals surface area contributed by atoms with Crippen molar-refractivity contribution in [2.24, 2.45) is 0 Å². The third kappa shape index (κ3) is 4.44. The number of nitrogens with one attached hydrogen (secondary N) is 1. The van der Waals surface area contributed by atoms with Crippen LogP contribution in [0.15, 0.2) is 52.9 Å². The number of rotatable bonds is 6. The lowest BCUT2D eigenvalue weighted by atomic mass is 10.1. The zero-order valence-electron chi connectivity index (χ0n) is 14.2. The van der Waals surface area contributed by atoms with Crippen LogP contribution in [-0.4, -0.2) is 23.2 Å². The number of hydrogen-bond donors (Lipinski definition) is 1. The second-order valence-electron chi connectivity index (χ2n) is 5.67. The van der Waals surface area contributed by atoms with Gasteiger partial charge in [-0.15, -0.1) is 10.2 Å². The second-order valence-corrected chi connectivity index (χ2v) is 5.67. The Kier molecular flexibility index (Phi) is 5.09. The maximum atomic E-state index is 12.0. The third-order valence-electron chi connectivity index (χ3n) is 3.71. The molecule has 0 saturated heterocycles.